The van der Waals surface area contributed by atoms with Gasteiger partial charge in [0.25, 0.3) is 10.0 Å². The lowest BCUT2D eigenvalue weighted by Crippen LogP contribution is -2.13. The van der Waals surface area contributed by atoms with Crippen LogP contribution in [-0.2, 0) is 10.0 Å². The third-order valence-corrected chi connectivity index (χ3v) is 4.08. The Hall–Kier alpha value is -2.10. The molecule has 0 spiro atoms. The van der Waals surface area contributed by atoms with Crippen LogP contribution >= 0.6 is 11.6 Å². The van der Waals surface area contributed by atoms with E-state index in [1.54, 1.807) is 18.2 Å². The number of benzene rings is 1. The van der Waals surface area contributed by atoms with Gasteiger partial charge in [-0.05, 0) is 30.3 Å². The maximum atomic E-state index is 12.1. The average Bonchev–Trinajstić information content (AvgIpc) is 2.38. The minimum atomic E-state index is -3.82. The molecule has 0 aliphatic carbocycles. The van der Waals surface area contributed by atoms with E-state index in [2.05, 4.69) is 9.71 Å². The highest BCUT2D eigenvalue weighted by Gasteiger charge is 2.18. The predicted molar refractivity (Wildman–Crippen MR) is 71.2 cm³/mol. The minimum absolute atomic E-state index is 0.105. The topological polar surface area (TPSA) is 82.9 Å². The number of hydrogen-bond acceptors (Lipinski definition) is 4. The summed E-state index contributed by atoms with van der Waals surface area (Å²) in [5.41, 5.74) is 0.649. The summed E-state index contributed by atoms with van der Waals surface area (Å²) in [4.78, 5) is 3.60. The first-order valence-corrected chi connectivity index (χ1v) is 7.02. The first kappa shape index (κ1) is 13.3. The molecule has 1 heterocycles. The molecular weight excluding hydrogens is 286 g/mol. The van der Waals surface area contributed by atoms with Gasteiger partial charge in [-0.25, -0.2) is 13.4 Å². The smallest absolute Gasteiger partial charge is 0.264 e. The highest BCUT2D eigenvalue weighted by atomic mass is 35.5. The molecule has 7 heteroatoms. The van der Waals surface area contributed by atoms with Gasteiger partial charge in [-0.1, -0.05) is 17.7 Å². The van der Waals surface area contributed by atoms with Gasteiger partial charge in [-0.15, -0.1) is 0 Å². The maximum absolute atomic E-state index is 12.1. The Morgan fingerprint density at radius 1 is 1.26 bits per heavy atom. The van der Waals surface area contributed by atoms with Crippen LogP contribution in [0.25, 0.3) is 0 Å². The van der Waals surface area contributed by atoms with E-state index in [0.29, 0.717) is 11.3 Å². The molecule has 0 aliphatic rings. The highest BCUT2D eigenvalue weighted by molar-refractivity contribution is 7.92. The first-order valence-electron chi connectivity index (χ1n) is 5.16. The molecule has 1 aromatic heterocycles. The number of hydrogen-bond donors (Lipinski definition) is 1. The molecule has 0 fully saturated rings. The molecular formula is C12H8ClN3O2S. The molecule has 0 unspecified atom stereocenters. The van der Waals surface area contributed by atoms with Crippen LogP contribution in [0.5, 0.6) is 0 Å². The summed E-state index contributed by atoms with van der Waals surface area (Å²) in [5, 5.41) is 8.66. The Morgan fingerprint density at radius 2 is 2.05 bits per heavy atom. The molecule has 0 saturated heterocycles. The standard InChI is InChI=1S/C12H8ClN3O2S/c13-12-11(5-2-6-15-12)19(17,18)16-10-4-1-3-9(7-10)8-14/h1-7,16H. The molecule has 2 rings (SSSR count). The lowest BCUT2D eigenvalue weighted by atomic mass is 10.2. The van der Waals surface area contributed by atoms with Crippen molar-refractivity contribution in [2.75, 3.05) is 4.72 Å². The molecule has 0 radical (unpaired) electrons. The van der Waals surface area contributed by atoms with Crippen LogP contribution in [0, 0.1) is 11.3 Å². The summed E-state index contributed by atoms with van der Waals surface area (Å²) in [6.45, 7) is 0. The Bertz CT molecular complexity index is 754. The van der Waals surface area contributed by atoms with Crippen LogP contribution in [0.1, 0.15) is 5.56 Å². The van der Waals surface area contributed by atoms with Crippen molar-refractivity contribution in [3.63, 3.8) is 0 Å². The van der Waals surface area contributed by atoms with Crippen molar-refractivity contribution in [2.45, 2.75) is 4.90 Å². The van der Waals surface area contributed by atoms with Crippen LogP contribution in [0.4, 0.5) is 5.69 Å². The molecule has 96 valence electrons. The fourth-order valence-electron chi connectivity index (χ4n) is 1.43. The van der Waals surface area contributed by atoms with Crippen molar-refractivity contribution in [1.82, 2.24) is 4.98 Å². The zero-order valence-electron chi connectivity index (χ0n) is 9.54. The molecule has 1 N–H and O–H groups in total. The zero-order valence-corrected chi connectivity index (χ0v) is 11.1. The Labute approximate surface area is 115 Å². The van der Waals surface area contributed by atoms with Crippen molar-refractivity contribution in [1.29, 1.82) is 5.26 Å². The van der Waals surface area contributed by atoms with Crippen LogP contribution in [0.15, 0.2) is 47.5 Å². The molecule has 0 atom stereocenters. The van der Waals surface area contributed by atoms with Crippen molar-refractivity contribution in [3.05, 3.63) is 53.3 Å². The number of pyridine rings is 1. The van der Waals surface area contributed by atoms with Gasteiger partial charge in [-0.2, -0.15) is 5.26 Å². The fraction of sp³-hybridized carbons (Fsp3) is 0. The molecule has 0 bridgehead atoms. The van der Waals surface area contributed by atoms with Gasteiger partial charge in [-0.3, -0.25) is 4.72 Å². The Kier molecular flexibility index (Phi) is 3.69. The van der Waals surface area contributed by atoms with Crippen LogP contribution < -0.4 is 4.72 Å². The van der Waals surface area contributed by atoms with Crippen LogP contribution in [0.3, 0.4) is 0 Å². The number of nitrogens with zero attached hydrogens (tertiary/aromatic N) is 2. The summed E-state index contributed by atoms with van der Waals surface area (Å²) in [6, 6.07) is 10.9. The third-order valence-electron chi connectivity index (χ3n) is 2.26. The average molecular weight is 294 g/mol. The van der Waals surface area contributed by atoms with Crippen molar-refractivity contribution >= 4 is 27.3 Å². The monoisotopic (exact) mass is 293 g/mol. The second-order valence-electron chi connectivity index (χ2n) is 3.59. The van der Waals surface area contributed by atoms with Gasteiger partial charge in [0.05, 0.1) is 17.3 Å². The lowest BCUT2D eigenvalue weighted by Gasteiger charge is -2.08. The maximum Gasteiger partial charge on any atom is 0.264 e. The largest absolute Gasteiger partial charge is 0.279 e. The minimum Gasteiger partial charge on any atom is -0.279 e. The second-order valence-corrected chi connectivity index (χ2v) is 5.60. The van der Waals surface area contributed by atoms with E-state index >= 15 is 0 Å². The second kappa shape index (κ2) is 5.26. The van der Waals surface area contributed by atoms with Gasteiger partial charge in [0.15, 0.2) is 0 Å². The van der Waals surface area contributed by atoms with Gasteiger partial charge >= 0.3 is 0 Å². The normalized spacial score (nSPS) is 10.7. The summed E-state index contributed by atoms with van der Waals surface area (Å²) in [7, 11) is -3.82. The zero-order chi connectivity index (χ0) is 13.9. The predicted octanol–water partition coefficient (Wildman–Crippen LogP) is 2.41. The van der Waals surface area contributed by atoms with E-state index in [1.165, 1.54) is 24.4 Å². The number of rotatable bonds is 3. The van der Waals surface area contributed by atoms with Gasteiger partial charge in [0.1, 0.15) is 10.0 Å². The molecule has 19 heavy (non-hydrogen) atoms. The van der Waals surface area contributed by atoms with Crippen molar-refractivity contribution in [2.24, 2.45) is 0 Å². The van der Waals surface area contributed by atoms with Gasteiger partial charge in [0, 0.05) is 6.20 Å². The van der Waals surface area contributed by atoms with Crippen LogP contribution in [-0.4, -0.2) is 13.4 Å². The SMILES string of the molecule is N#Cc1cccc(NS(=O)(=O)c2cccnc2Cl)c1. The van der Waals surface area contributed by atoms with E-state index in [-0.39, 0.29) is 10.0 Å². The van der Waals surface area contributed by atoms with Gasteiger partial charge < -0.3 is 0 Å². The lowest BCUT2D eigenvalue weighted by molar-refractivity contribution is 0.601. The van der Waals surface area contributed by atoms with Crippen LogP contribution in [0.2, 0.25) is 5.15 Å². The fourth-order valence-corrected chi connectivity index (χ4v) is 2.94. The number of aromatic nitrogens is 1. The number of halogens is 1. The van der Waals surface area contributed by atoms with Crippen molar-refractivity contribution in [3.8, 4) is 6.07 Å². The number of nitrogens with one attached hydrogen (secondary N) is 1. The van der Waals surface area contributed by atoms with E-state index < -0.39 is 10.0 Å². The molecule has 0 amide bonds. The molecule has 0 saturated carbocycles. The molecule has 1 aromatic carbocycles. The first-order chi connectivity index (χ1) is 9.03. The highest BCUT2D eigenvalue weighted by Crippen LogP contribution is 2.21. The van der Waals surface area contributed by atoms with Gasteiger partial charge in [0.2, 0.25) is 0 Å². The van der Waals surface area contributed by atoms with E-state index in [9.17, 15) is 8.42 Å². The van der Waals surface area contributed by atoms with E-state index in [1.807, 2.05) is 6.07 Å². The summed E-state index contributed by atoms with van der Waals surface area (Å²) in [5.74, 6) is 0. The Morgan fingerprint density at radius 3 is 2.74 bits per heavy atom. The number of anilines is 1. The quantitative estimate of drug-likeness (QED) is 0.881. The summed E-state index contributed by atoms with van der Waals surface area (Å²) < 4.78 is 26.6. The third kappa shape index (κ3) is 3.02. The number of sulfonamides is 1. The Balaban J connectivity index is 2.37. The van der Waals surface area contributed by atoms with Crippen molar-refractivity contribution < 1.29 is 8.42 Å². The summed E-state index contributed by atoms with van der Waals surface area (Å²) >= 11 is 5.75. The summed E-state index contributed by atoms with van der Waals surface area (Å²) in [6.07, 6.45) is 1.40. The molecule has 5 nitrogen and oxygen atoms in total. The number of nitriles is 1. The molecule has 2 aromatic rings. The molecule has 0 aliphatic heterocycles. The van der Waals surface area contributed by atoms with E-state index in [4.69, 9.17) is 16.9 Å². The van der Waals surface area contributed by atoms with E-state index in [0.717, 1.165) is 0 Å².